The molecule has 0 bridgehead atoms. The first-order chi connectivity index (χ1) is 16.0. The maximum Gasteiger partial charge on any atom is 0.245 e. The summed E-state index contributed by atoms with van der Waals surface area (Å²) in [6, 6.07) is 8.62. The quantitative estimate of drug-likeness (QED) is 0.629. The lowest BCUT2D eigenvalue weighted by Gasteiger charge is -2.40. The summed E-state index contributed by atoms with van der Waals surface area (Å²) >= 11 is 0. The van der Waals surface area contributed by atoms with E-state index in [4.69, 9.17) is 5.73 Å². The summed E-state index contributed by atoms with van der Waals surface area (Å²) in [6.45, 7) is 5.77. The molecule has 3 aliphatic rings. The number of rotatable bonds is 8. The fourth-order valence-corrected chi connectivity index (χ4v) is 6.15. The number of unbranched alkanes of at least 4 members (excludes halogenated alkanes) is 2. The Bertz CT molecular complexity index is 825. The van der Waals surface area contributed by atoms with Crippen molar-refractivity contribution in [2.75, 3.05) is 13.1 Å². The smallest absolute Gasteiger partial charge is 0.245 e. The van der Waals surface area contributed by atoms with E-state index < -0.39 is 11.8 Å². The summed E-state index contributed by atoms with van der Waals surface area (Å²) in [4.78, 5) is 30.9. The van der Waals surface area contributed by atoms with Crippen molar-refractivity contribution in [3.63, 3.8) is 0 Å². The number of piperidine rings is 1. The zero-order valence-corrected chi connectivity index (χ0v) is 20.5. The number of aryl methyl sites for hydroxylation is 1. The molecule has 2 amide bonds. The fourth-order valence-electron chi connectivity index (χ4n) is 6.15. The molecule has 0 spiro atoms. The number of carbonyl (C=O) groups is 2. The Morgan fingerprint density at radius 1 is 1.06 bits per heavy atom. The Morgan fingerprint density at radius 3 is 2.33 bits per heavy atom. The number of carbonyl (C=O) groups excluding carboxylic acids is 2. The summed E-state index contributed by atoms with van der Waals surface area (Å²) in [5.41, 5.74) is 8.70. The number of hydrogen-bond acceptors (Lipinski definition) is 4. The first-order valence-electron chi connectivity index (χ1n) is 13.2. The fraction of sp³-hybridized carbons (Fsp3) is 0.704. The van der Waals surface area contributed by atoms with E-state index in [2.05, 4.69) is 43.4 Å². The number of nitrogens with one attached hydrogen (secondary N) is 1. The molecular weight excluding hydrogens is 412 g/mol. The molecule has 6 nitrogen and oxygen atoms in total. The van der Waals surface area contributed by atoms with Gasteiger partial charge in [0.15, 0.2) is 0 Å². The Hall–Kier alpha value is -1.92. The lowest BCUT2D eigenvalue weighted by Crippen LogP contribution is -2.54. The lowest BCUT2D eigenvalue weighted by molar-refractivity contribution is -0.140. The predicted molar refractivity (Wildman–Crippen MR) is 131 cm³/mol. The molecule has 2 heterocycles. The molecule has 6 heteroatoms. The van der Waals surface area contributed by atoms with Crippen molar-refractivity contribution in [2.24, 2.45) is 11.7 Å². The summed E-state index contributed by atoms with van der Waals surface area (Å²) in [5, 5.41) is 3.50. The van der Waals surface area contributed by atoms with Gasteiger partial charge in [-0.2, -0.15) is 0 Å². The van der Waals surface area contributed by atoms with E-state index in [0.717, 1.165) is 83.7 Å². The molecule has 2 unspecified atom stereocenters. The third-order valence-corrected chi connectivity index (χ3v) is 8.15. The van der Waals surface area contributed by atoms with Crippen molar-refractivity contribution >= 4 is 11.8 Å². The van der Waals surface area contributed by atoms with Gasteiger partial charge >= 0.3 is 0 Å². The van der Waals surface area contributed by atoms with E-state index in [1.807, 2.05) is 9.80 Å². The third kappa shape index (κ3) is 4.97. The van der Waals surface area contributed by atoms with Crippen LogP contribution < -0.4 is 11.1 Å². The number of nitrogens with zero attached hydrogens (tertiary/aromatic N) is 2. The maximum atomic E-state index is 13.6. The second-order valence-corrected chi connectivity index (χ2v) is 10.4. The molecule has 0 saturated carbocycles. The Kier molecular flexibility index (Phi) is 7.75. The van der Waals surface area contributed by atoms with Crippen LogP contribution >= 0.6 is 0 Å². The highest BCUT2D eigenvalue weighted by molar-refractivity contribution is 5.89. The average molecular weight is 455 g/mol. The standard InChI is InChI=1S/C27H42N4O2/c1-3-5-15-27(16-6-4-2)25(33)31(26(28)29-27)23-13-17-30(18-14-23)24(32)22-12-11-20-9-7-8-10-21(20)19-22/h7-10,22-23,26,29H,3-6,11-19,28H2,1-2H3. The average Bonchev–Trinajstić information content (AvgIpc) is 3.10. The van der Waals surface area contributed by atoms with Gasteiger partial charge in [0.1, 0.15) is 11.8 Å². The van der Waals surface area contributed by atoms with Gasteiger partial charge in [0.05, 0.1) is 0 Å². The Balaban J connectivity index is 1.36. The molecule has 2 fully saturated rings. The van der Waals surface area contributed by atoms with Crippen molar-refractivity contribution in [3.8, 4) is 0 Å². The van der Waals surface area contributed by atoms with Crippen LogP contribution in [0, 0.1) is 5.92 Å². The van der Waals surface area contributed by atoms with Crippen LogP contribution in [0.1, 0.15) is 82.8 Å². The first-order valence-corrected chi connectivity index (χ1v) is 13.2. The molecule has 1 aromatic rings. The van der Waals surface area contributed by atoms with Crippen molar-refractivity contribution in [1.29, 1.82) is 0 Å². The highest BCUT2D eigenvalue weighted by Crippen LogP contribution is 2.34. The molecule has 4 rings (SSSR count). The van der Waals surface area contributed by atoms with E-state index >= 15 is 0 Å². The highest BCUT2D eigenvalue weighted by Gasteiger charge is 2.51. The summed E-state index contributed by atoms with van der Waals surface area (Å²) < 4.78 is 0. The van der Waals surface area contributed by atoms with Crippen LogP contribution in [0.5, 0.6) is 0 Å². The molecule has 2 saturated heterocycles. The molecule has 0 radical (unpaired) electrons. The maximum absolute atomic E-state index is 13.6. The molecule has 2 atom stereocenters. The topological polar surface area (TPSA) is 78.7 Å². The minimum absolute atomic E-state index is 0.0875. The molecule has 2 aliphatic heterocycles. The van der Waals surface area contributed by atoms with Crippen LogP contribution in [-0.4, -0.2) is 52.6 Å². The second-order valence-electron chi connectivity index (χ2n) is 10.4. The van der Waals surface area contributed by atoms with Gasteiger partial charge in [0.25, 0.3) is 0 Å². The number of fused-ring (bicyclic) bond motifs is 1. The molecule has 1 aromatic carbocycles. The van der Waals surface area contributed by atoms with Gasteiger partial charge in [0.2, 0.25) is 11.8 Å². The van der Waals surface area contributed by atoms with Crippen LogP contribution in [0.25, 0.3) is 0 Å². The van der Waals surface area contributed by atoms with Crippen molar-refractivity contribution in [2.45, 2.75) is 102 Å². The van der Waals surface area contributed by atoms with E-state index in [1.54, 1.807) is 0 Å². The number of nitrogens with two attached hydrogens (primary N) is 1. The SMILES string of the molecule is CCCCC1(CCCC)NC(N)N(C2CCN(C(=O)C3CCc4ccccc4C3)CC2)C1=O. The minimum Gasteiger partial charge on any atom is -0.342 e. The van der Waals surface area contributed by atoms with Gasteiger partial charge in [0, 0.05) is 25.0 Å². The zero-order chi connectivity index (χ0) is 23.4. The number of benzene rings is 1. The monoisotopic (exact) mass is 454 g/mol. The largest absolute Gasteiger partial charge is 0.342 e. The Labute approximate surface area is 199 Å². The minimum atomic E-state index is -0.506. The van der Waals surface area contributed by atoms with Crippen molar-refractivity contribution in [3.05, 3.63) is 35.4 Å². The third-order valence-electron chi connectivity index (χ3n) is 8.15. The van der Waals surface area contributed by atoms with Gasteiger partial charge in [-0.3, -0.25) is 20.6 Å². The van der Waals surface area contributed by atoms with Crippen molar-refractivity contribution < 1.29 is 9.59 Å². The highest BCUT2D eigenvalue weighted by atomic mass is 16.2. The number of hydrogen-bond donors (Lipinski definition) is 2. The molecular formula is C27H42N4O2. The van der Waals surface area contributed by atoms with Gasteiger partial charge < -0.3 is 9.80 Å². The van der Waals surface area contributed by atoms with E-state index in [-0.39, 0.29) is 17.9 Å². The van der Waals surface area contributed by atoms with Gasteiger partial charge in [-0.15, -0.1) is 0 Å². The number of likely N-dealkylation sites (tertiary alicyclic amines) is 1. The van der Waals surface area contributed by atoms with E-state index in [1.165, 1.54) is 11.1 Å². The van der Waals surface area contributed by atoms with E-state index in [9.17, 15) is 9.59 Å². The zero-order valence-electron chi connectivity index (χ0n) is 20.5. The second kappa shape index (κ2) is 10.6. The normalized spacial score (nSPS) is 25.4. The number of amides is 2. The van der Waals surface area contributed by atoms with Crippen LogP contribution in [-0.2, 0) is 22.4 Å². The molecule has 33 heavy (non-hydrogen) atoms. The molecule has 3 N–H and O–H groups in total. The van der Waals surface area contributed by atoms with Gasteiger partial charge in [-0.05, 0) is 56.1 Å². The summed E-state index contributed by atoms with van der Waals surface area (Å²) in [7, 11) is 0. The van der Waals surface area contributed by atoms with Gasteiger partial charge in [-0.1, -0.05) is 63.8 Å². The molecule has 0 aromatic heterocycles. The van der Waals surface area contributed by atoms with Crippen LogP contribution in [0.4, 0.5) is 0 Å². The van der Waals surface area contributed by atoms with Crippen LogP contribution in [0.3, 0.4) is 0 Å². The van der Waals surface area contributed by atoms with Crippen LogP contribution in [0.2, 0.25) is 0 Å². The van der Waals surface area contributed by atoms with Crippen LogP contribution in [0.15, 0.2) is 24.3 Å². The van der Waals surface area contributed by atoms with Gasteiger partial charge in [-0.25, -0.2) is 0 Å². The lowest BCUT2D eigenvalue weighted by atomic mass is 9.83. The molecule has 1 aliphatic carbocycles. The first kappa shape index (κ1) is 24.2. The van der Waals surface area contributed by atoms with Crippen molar-refractivity contribution in [1.82, 2.24) is 15.1 Å². The summed E-state index contributed by atoms with van der Waals surface area (Å²) in [5.74, 6) is 0.563. The predicted octanol–water partition coefficient (Wildman–Crippen LogP) is 3.58. The molecule has 182 valence electrons. The Morgan fingerprint density at radius 2 is 1.70 bits per heavy atom. The van der Waals surface area contributed by atoms with E-state index in [0.29, 0.717) is 5.91 Å². The summed E-state index contributed by atoms with van der Waals surface area (Å²) in [6.07, 6.45) is 9.90.